The number of nitrogens with zero attached hydrogens (tertiary/aromatic N) is 2. The fraction of sp³-hybridized carbons (Fsp3) is 0.241. The van der Waals surface area contributed by atoms with E-state index in [1.54, 1.807) is 6.07 Å². The van der Waals surface area contributed by atoms with E-state index in [4.69, 9.17) is 9.26 Å². The maximum atomic E-state index is 13.0. The zero-order valence-corrected chi connectivity index (χ0v) is 20.8. The highest BCUT2D eigenvalue weighted by atomic mass is 16.5. The summed E-state index contributed by atoms with van der Waals surface area (Å²) >= 11 is 0. The first-order valence-electron chi connectivity index (χ1n) is 12.3. The molecule has 0 aliphatic carbocycles. The first-order valence-corrected chi connectivity index (χ1v) is 12.3. The second-order valence-corrected chi connectivity index (χ2v) is 8.95. The van der Waals surface area contributed by atoms with Gasteiger partial charge in [-0.2, -0.15) is 0 Å². The molecule has 2 heterocycles. The number of phenolic OH excluding ortho intramolecular Hbond substituents is 2. The maximum absolute atomic E-state index is 13.0. The Hall–Kier alpha value is -4.30. The first-order chi connectivity index (χ1) is 18.0. The molecule has 1 aliphatic rings. The highest BCUT2D eigenvalue weighted by Gasteiger charge is 2.28. The third kappa shape index (κ3) is 4.75. The highest BCUT2D eigenvalue weighted by Crippen LogP contribution is 2.45. The van der Waals surface area contributed by atoms with Gasteiger partial charge in [0.1, 0.15) is 11.5 Å². The van der Waals surface area contributed by atoms with Gasteiger partial charge in [0.15, 0.2) is 11.5 Å². The van der Waals surface area contributed by atoms with Gasteiger partial charge in [-0.15, -0.1) is 0 Å². The van der Waals surface area contributed by atoms with Gasteiger partial charge in [-0.1, -0.05) is 41.6 Å². The largest absolute Gasteiger partial charge is 0.507 e. The predicted octanol–water partition coefficient (Wildman–Crippen LogP) is 4.98. The van der Waals surface area contributed by atoms with Crippen molar-refractivity contribution in [1.82, 2.24) is 10.5 Å². The summed E-state index contributed by atoms with van der Waals surface area (Å²) in [6.07, 6.45) is 0. The van der Waals surface area contributed by atoms with Crippen LogP contribution in [0.15, 0.2) is 65.2 Å². The van der Waals surface area contributed by atoms with Crippen molar-refractivity contribution in [2.24, 2.45) is 0 Å². The number of amides is 1. The van der Waals surface area contributed by atoms with Crippen LogP contribution in [0.1, 0.15) is 23.0 Å². The van der Waals surface area contributed by atoms with Crippen molar-refractivity contribution in [1.29, 1.82) is 0 Å². The lowest BCUT2D eigenvalue weighted by molar-refractivity contribution is 0.0947. The summed E-state index contributed by atoms with van der Waals surface area (Å²) in [5.74, 6) is -0.369. The molecule has 1 saturated heterocycles. The van der Waals surface area contributed by atoms with Gasteiger partial charge in [-0.05, 0) is 48.7 Å². The fourth-order valence-electron chi connectivity index (χ4n) is 4.68. The number of morpholine rings is 1. The molecule has 0 saturated carbocycles. The Bertz CT molecular complexity index is 1430. The van der Waals surface area contributed by atoms with Crippen molar-refractivity contribution < 1.29 is 24.3 Å². The number of anilines is 1. The topological polar surface area (TPSA) is 108 Å². The summed E-state index contributed by atoms with van der Waals surface area (Å²) in [6.45, 7) is 7.22. The van der Waals surface area contributed by atoms with Gasteiger partial charge >= 0.3 is 0 Å². The number of hydrogen-bond donors (Lipinski definition) is 3. The van der Waals surface area contributed by atoms with E-state index in [1.807, 2.05) is 56.3 Å². The van der Waals surface area contributed by atoms with Crippen LogP contribution >= 0.6 is 0 Å². The summed E-state index contributed by atoms with van der Waals surface area (Å²) < 4.78 is 11.2. The van der Waals surface area contributed by atoms with Crippen LogP contribution in [0.25, 0.3) is 33.6 Å². The van der Waals surface area contributed by atoms with E-state index in [2.05, 4.69) is 21.4 Å². The standard InChI is InChI=1S/C29H29N3O5/c1-3-30-29(35)27-26(21-10-9-20(15-18(21)2)32-11-13-36-14-12-32)28(37-31-27)23-16-22(24(33)17-25(23)34)19-7-5-4-6-8-19/h4-10,15-17,33-34H,3,11-14H2,1-2H3,(H,30,35). The van der Waals surface area contributed by atoms with Crippen LogP contribution in [0.5, 0.6) is 11.5 Å². The van der Waals surface area contributed by atoms with E-state index in [9.17, 15) is 15.0 Å². The normalized spacial score (nSPS) is 13.5. The quantitative estimate of drug-likeness (QED) is 0.343. The highest BCUT2D eigenvalue weighted by molar-refractivity contribution is 6.03. The number of aryl methyl sites for hydroxylation is 1. The molecule has 0 bridgehead atoms. The fourth-order valence-corrected chi connectivity index (χ4v) is 4.68. The average molecular weight is 500 g/mol. The van der Waals surface area contributed by atoms with E-state index in [-0.39, 0.29) is 28.9 Å². The number of carbonyl (C=O) groups excluding carboxylic acids is 1. The molecule has 1 amide bonds. The molecular formula is C29H29N3O5. The number of phenols is 2. The van der Waals surface area contributed by atoms with Crippen LogP contribution in [-0.2, 0) is 4.74 Å². The molecule has 1 aliphatic heterocycles. The minimum Gasteiger partial charge on any atom is -0.507 e. The zero-order valence-electron chi connectivity index (χ0n) is 20.8. The van der Waals surface area contributed by atoms with Crippen molar-refractivity contribution in [2.45, 2.75) is 13.8 Å². The number of hydrogen-bond acceptors (Lipinski definition) is 7. The molecular weight excluding hydrogens is 470 g/mol. The van der Waals surface area contributed by atoms with E-state index < -0.39 is 0 Å². The van der Waals surface area contributed by atoms with Gasteiger partial charge in [0, 0.05) is 37.0 Å². The number of ether oxygens (including phenoxy) is 1. The van der Waals surface area contributed by atoms with E-state index in [0.717, 1.165) is 35.5 Å². The SMILES string of the molecule is CCNC(=O)c1noc(-c2cc(-c3ccccc3)c(O)cc2O)c1-c1ccc(N2CCOCC2)cc1C. The molecule has 3 N–H and O–H groups in total. The smallest absolute Gasteiger partial charge is 0.274 e. The Kier molecular flexibility index (Phi) is 6.83. The van der Waals surface area contributed by atoms with Gasteiger partial charge in [0.05, 0.1) is 24.3 Å². The number of rotatable bonds is 6. The Morgan fingerprint density at radius 3 is 2.41 bits per heavy atom. The van der Waals surface area contributed by atoms with Crippen LogP contribution in [0.4, 0.5) is 5.69 Å². The molecule has 8 heteroatoms. The molecule has 0 spiro atoms. The Balaban J connectivity index is 1.66. The van der Waals surface area contributed by atoms with Crippen molar-refractivity contribution in [3.63, 3.8) is 0 Å². The summed E-state index contributed by atoms with van der Waals surface area (Å²) in [5, 5.41) is 28.3. The third-order valence-electron chi connectivity index (χ3n) is 6.54. The van der Waals surface area contributed by atoms with Gasteiger partial charge in [-0.3, -0.25) is 4.79 Å². The predicted molar refractivity (Wildman–Crippen MR) is 142 cm³/mol. The number of benzene rings is 3. The molecule has 8 nitrogen and oxygen atoms in total. The van der Waals surface area contributed by atoms with Gasteiger partial charge < -0.3 is 29.7 Å². The zero-order chi connectivity index (χ0) is 25.9. The molecule has 3 aromatic carbocycles. The number of aromatic hydroxyl groups is 2. The van der Waals surface area contributed by atoms with Crippen LogP contribution in [0.3, 0.4) is 0 Å². The van der Waals surface area contributed by atoms with Crippen LogP contribution in [0, 0.1) is 6.92 Å². The van der Waals surface area contributed by atoms with E-state index >= 15 is 0 Å². The van der Waals surface area contributed by atoms with Crippen molar-refractivity contribution in [2.75, 3.05) is 37.7 Å². The first kappa shape index (κ1) is 24.4. The molecule has 4 aromatic rings. The minimum atomic E-state index is -0.370. The summed E-state index contributed by atoms with van der Waals surface area (Å²) in [6, 6.07) is 18.3. The van der Waals surface area contributed by atoms with Gasteiger partial charge in [0.25, 0.3) is 5.91 Å². The van der Waals surface area contributed by atoms with Crippen LogP contribution in [-0.4, -0.2) is 54.1 Å². The van der Waals surface area contributed by atoms with E-state index in [0.29, 0.717) is 36.4 Å². The number of aromatic nitrogens is 1. The van der Waals surface area contributed by atoms with Gasteiger partial charge in [0.2, 0.25) is 0 Å². The summed E-state index contributed by atoms with van der Waals surface area (Å²) in [5.41, 5.74) is 5.01. The second-order valence-electron chi connectivity index (χ2n) is 8.95. The Morgan fingerprint density at radius 2 is 1.70 bits per heavy atom. The van der Waals surface area contributed by atoms with Crippen molar-refractivity contribution in [3.05, 3.63) is 71.9 Å². The molecule has 5 rings (SSSR count). The molecule has 1 aromatic heterocycles. The lowest BCUT2D eigenvalue weighted by Gasteiger charge is -2.29. The lowest BCUT2D eigenvalue weighted by Crippen LogP contribution is -2.36. The second kappa shape index (κ2) is 10.4. The van der Waals surface area contributed by atoms with Crippen LogP contribution < -0.4 is 10.2 Å². The molecule has 0 radical (unpaired) electrons. The van der Waals surface area contributed by atoms with Crippen LogP contribution in [0.2, 0.25) is 0 Å². The van der Waals surface area contributed by atoms with Crippen molar-refractivity contribution >= 4 is 11.6 Å². The monoisotopic (exact) mass is 499 g/mol. The molecule has 1 fully saturated rings. The number of carbonyl (C=O) groups is 1. The average Bonchev–Trinajstić information content (AvgIpc) is 3.34. The molecule has 0 atom stereocenters. The van der Waals surface area contributed by atoms with Gasteiger partial charge in [-0.25, -0.2) is 0 Å². The van der Waals surface area contributed by atoms with E-state index in [1.165, 1.54) is 6.07 Å². The molecule has 0 unspecified atom stereocenters. The Labute approximate surface area is 215 Å². The lowest BCUT2D eigenvalue weighted by atomic mass is 9.93. The Morgan fingerprint density at radius 1 is 0.973 bits per heavy atom. The third-order valence-corrected chi connectivity index (χ3v) is 6.54. The molecule has 37 heavy (non-hydrogen) atoms. The maximum Gasteiger partial charge on any atom is 0.274 e. The minimum absolute atomic E-state index is 0.0662. The van der Waals surface area contributed by atoms with Crippen molar-refractivity contribution in [3.8, 4) is 45.1 Å². The summed E-state index contributed by atoms with van der Waals surface area (Å²) in [7, 11) is 0. The number of nitrogens with one attached hydrogen (secondary N) is 1. The molecule has 190 valence electrons. The summed E-state index contributed by atoms with van der Waals surface area (Å²) in [4.78, 5) is 15.2.